The van der Waals surface area contributed by atoms with Crippen LogP contribution in [0.2, 0.25) is 0 Å². The molecule has 0 amide bonds. The summed E-state index contributed by atoms with van der Waals surface area (Å²) in [7, 11) is 0. The smallest absolute Gasteiger partial charge is 0.167 e. The summed E-state index contributed by atoms with van der Waals surface area (Å²) in [5.41, 5.74) is 6.79. The molecule has 4 nitrogen and oxygen atoms in total. The molecule has 0 spiro atoms. The van der Waals surface area contributed by atoms with Gasteiger partial charge >= 0.3 is 0 Å². The lowest BCUT2D eigenvalue weighted by Gasteiger charge is -2.13. The second kappa shape index (κ2) is 9.20. The molecule has 0 radical (unpaired) electrons. The lowest BCUT2D eigenvalue weighted by Crippen LogP contribution is -2.11. The standard InChI is InChI=1S/C15H23FN2O2/c1-3-5-8-19-9-6-18-14-11-15(20-7-4-2)12(16)10-13(14)17/h3,10-11,18H,1,4-9,17H2,2H3. The van der Waals surface area contributed by atoms with Gasteiger partial charge in [0, 0.05) is 18.7 Å². The number of ether oxygens (including phenoxy) is 2. The molecule has 112 valence electrons. The molecular formula is C15H23FN2O2. The minimum Gasteiger partial charge on any atom is -0.490 e. The van der Waals surface area contributed by atoms with Gasteiger partial charge in [0.15, 0.2) is 11.6 Å². The monoisotopic (exact) mass is 282 g/mol. The van der Waals surface area contributed by atoms with Crippen LogP contribution in [0.3, 0.4) is 0 Å². The van der Waals surface area contributed by atoms with E-state index in [2.05, 4.69) is 11.9 Å². The van der Waals surface area contributed by atoms with Gasteiger partial charge in [-0.1, -0.05) is 13.0 Å². The maximum atomic E-state index is 13.6. The van der Waals surface area contributed by atoms with Gasteiger partial charge in [-0.15, -0.1) is 6.58 Å². The topological polar surface area (TPSA) is 56.5 Å². The second-order valence-electron chi connectivity index (χ2n) is 4.33. The first-order valence-electron chi connectivity index (χ1n) is 6.83. The van der Waals surface area contributed by atoms with Crippen LogP contribution in [0.5, 0.6) is 5.75 Å². The van der Waals surface area contributed by atoms with Gasteiger partial charge < -0.3 is 20.5 Å². The summed E-state index contributed by atoms with van der Waals surface area (Å²) in [6.07, 6.45) is 3.46. The first-order chi connectivity index (χ1) is 9.69. The van der Waals surface area contributed by atoms with Crippen LogP contribution < -0.4 is 15.8 Å². The Balaban J connectivity index is 2.49. The Morgan fingerprint density at radius 3 is 2.85 bits per heavy atom. The number of benzene rings is 1. The Kier molecular flexibility index (Phi) is 7.50. The fourth-order valence-electron chi connectivity index (χ4n) is 1.57. The van der Waals surface area contributed by atoms with Gasteiger partial charge in [0.2, 0.25) is 0 Å². The third-order valence-electron chi connectivity index (χ3n) is 2.59. The third-order valence-corrected chi connectivity index (χ3v) is 2.59. The minimum absolute atomic E-state index is 0.219. The maximum absolute atomic E-state index is 13.6. The van der Waals surface area contributed by atoms with Crippen molar-refractivity contribution in [3.8, 4) is 5.75 Å². The van der Waals surface area contributed by atoms with Crippen LogP contribution in [0.4, 0.5) is 15.8 Å². The van der Waals surface area contributed by atoms with Crippen LogP contribution >= 0.6 is 0 Å². The number of rotatable bonds is 10. The van der Waals surface area contributed by atoms with Gasteiger partial charge in [-0.3, -0.25) is 0 Å². The average molecular weight is 282 g/mol. The number of nitrogens with two attached hydrogens (primary N) is 1. The molecule has 5 heteroatoms. The molecule has 0 saturated heterocycles. The van der Waals surface area contributed by atoms with Crippen molar-refractivity contribution < 1.29 is 13.9 Å². The molecule has 0 bridgehead atoms. The molecule has 0 unspecified atom stereocenters. The summed E-state index contributed by atoms with van der Waals surface area (Å²) in [6.45, 7) is 7.86. The SMILES string of the molecule is C=CCCOCCNc1cc(OCCC)c(F)cc1N. The van der Waals surface area contributed by atoms with Crippen molar-refractivity contribution in [2.24, 2.45) is 0 Å². The van der Waals surface area contributed by atoms with E-state index in [1.54, 1.807) is 6.07 Å². The van der Waals surface area contributed by atoms with E-state index in [1.165, 1.54) is 6.07 Å². The van der Waals surface area contributed by atoms with E-state index in [-0.39, 0.29) is 5.75 Å². The number of hydrogen-bond acceptors (Lipinski definition) is 4. The van der Waals surface area contributed by atoms with Crippen molar-refractivity contribution in [2.45, 2.75) is 19.8 Å². The first kappa shape index (κ1) is 16.3. The molecule has 0 aliphatic rings. The highest BCUT2D eigenvalue weighted by Gasteiger charge is 2.08. The number of nitrogen functional groups attached to an aromatic ring is 1. The van der Waals surface area contributed by atoms with Gasteiger partial charge in [-0.25, -0.2) is 4.39 Å². The zero-order valence-corrected chi connectivity index (χ0v) is 12.0. The van der Waals surface area contributed by atoms with Crippen LogP contribution in [-0.2, 0) is 4.74 Å². The Hall–Kier alpha value is -1.75. The van der Waals surface area contributed by atoms with Crippen molar-refractivity contribution in [1.29, 1.82) is 0 Å². The van der Waals surface area contributed by atoms with Crippen molar-refractivity contribution in [1.82, 2.24) is 0 Å². The van der Waals surface area contributed by atoms with Crippen LogP contribution in [0.15, 0.2) is 24.8 Å². The highest BCUT2D eigenvalue weighted by Crippen LogP contribution is 2.28. The Morgan fingerprint density at radius 2 is 2.15 bits per heavy atom. The summed E-state index contributed by atoms with van der Waals surface area (Å²) in [4.78, 5) is 0. The van der Waals surface area contributed by atoms with Crippen molar-refractivity contribution in [2.75, 3.05) is 37.4 Å². The molecule has 0 aliphatic heterocycles. The van der Waals surface area contributed by atoms with Gasteiger partial charge in [-0.05, 0) is 12.8 Å². The summed E-state index contributed by atoms with van der Waals surface area (Å²) >= 11 is 0. The lowest BCUT2D eigenvalue weighted by molar-refractivity contribution is 0.149. The quantitative estimate of drug-likeness (QED) is 0.393. The summed E-state index contributed by atoms with van der Waals surface area (Å²) < 4.78 is 24.3. The van der Waals surface area contributed by atoms with Crippen molar-refractivity contribution in [3.05, 3.63) is 30.6 Å². The third kappa shape index (κ3) is 5.48. The first-order valence-corrected chi connectivity index (χ1v) is 6.83. The molecular weight excluding hydrogens is 259 g/mol. The number of halogens is 1. The predicted octanol–water partition coefficient (Wildman–Crippen LogP) is 3.20. The van der Waals surface area contributed by atoms with E-state index in [0.717, 1.165) is 12.8 Å². The zero-order valence-electron chi connectivity index (χ0n) is 12.0. The largest absolute Gasteiger partial charge is 0.490 e. The highest BCUT2D eigenvalue weighted by molar-refractivity contribution is 5.68. The number of anilines is 2. The number of nitrogens with one attached hydrogen (secondary N) is 1. The lowest BCUT2D eigenvalue weighted by atomic mass is 10.2. The van der Waals surface area contributed by atoms with E-state index in [1.807, 2.05) is 13.0 Å². The predicted molar refractivity (Wildman–Crippen MR) is 80.7 cm³/mol. The molecule has 0 saturated carbocycles. The fourth-order valence-corrected chi connectivity index (χ4v) is 1.57. The van der Waals surface area contributed by atoms with E-state index in [4.69, 9.17) is 15.2 Å². The van der Waals surface area contributed by atoms with Crippen LogP contribution in [0.1, 0.15) is 19.8 Å². The Labute approximate surface area is 119 Å². The van der Waals surface area contributed by atoms with Gasteiger partial charge in [-0.2, -0.15) is 0 Å². The molecule has 1 aromatic carbocycles. The van der Waals surface area contributed by atoms with Gasteiger partial charge in [0.25, 0.3) is 0 Å². The zero-order chi connectivity index (χ0) is 14.8. The van der Waals surface area contributed by atoms with Gasteiger partial charge in [0.1, 0.15) is 0 Å². The van der Waals surface area contributed by atoms with E-state index < -0.39 is 5.82 Å². The van der Waals surface area contributed by atoms with Crippen LogP contribution in [0, 0.1) is 5.82 Å². The molecule has 0 aliphatic carbocycles. The second-order valence-corrected chi connectivity index (χ2v) is 4.33. The molecule has 3 N–H and O–H groups in total. The van der Waals surface area contributed by atoms with Crippen LogP contribution in [-0.4, -0.2) is 26.4 Å². The Morgan fingerprint density at radius 1 is 1.35 bits per heavy atom. The number of hydrogen-bond donors (Lipinski definition) is 2. The normalized spacial score (nSPS) is 10.3. The molecule has 0 fully saturated rings. The summed E-state index contributed by atoms with van der Waals surface area (Å²) in [5.74, 6) is -0.222. The fraction of sp³-hybridized carbons (Fsp3) is 0.467. The maximum Gasteiger partial charge on any atom is 0.167 e. The molecule has 0 aromatic heterocycles. The molecule has 1 rings (SSSR count). The summed E-state index contributed by atoms with van der Waals surface area (Å²) in [5, 5.41) is 3.11. The van der Waals surface area contributed by atoms with E-state index >= 15 is 0 Å². The molecule has 0 heterocycles. The van der Waals surface area contributed by atoms with Crippen molar-refractivity contribution in [3.63, 3.8) is 0 Å². The average Bonchev–Trinajstić information content (AvgIpc) is 2.43. The van der Waals surface area contributed by atoms with E-state index in [9.17, 15) is 4.39 Å². The molecule has 0 atom stereocenters. The van der Waals surface area contributed by atoms with Crippen LogP contribution in [0.25, 0.3) is 0 Å². The molecule has 1 aromatic rings. The minimum atomic E-state index is -0.441. The van der Waals surface area contributed by atoms with Gasteiger partial charge in [0.05, 0.1) is 31.2 Å². The highest BCUT2D eigenvalue weighted by atomic mass is 19.1. The van der Waals surface area contributed by atoms with E-state index in [0.29, 0.717) is 37.7 Å². The van der Waals surface area contributed by atoms with Crippen molar-refractivity contribution >= 4 is 11.4 Å². The Bertz CT molecular complexity index is 425. The summed E-state index contributed by atoms with van der Waals surface area (Å²) in [6, 6.07) is 2.86. The molecule has 20 heavy (non-hydrogen) atoms.